The fraction of sp³-hybridized carbons (Fsp3) is 0.588. The van der Waals surface area contributed by atoms with Gasteiger partial charge in [-0.1, -0.05) is 32.0 Å². The second-order valence-corrected chi connectivity index (χ2v) is 6.74. The van der Waals surface area contributed by atoms with Gasteiger partial charge in [0.15, 0.2) is 0 Å². The highest BCUT2D eigenvalue weighted by atomic mass is 16.3. The van der Waals surface area contributed by atoms with Crippen LogP contribution in [0.1, 0.15) is 45.2 Å². The molecule has 0 saturated carbocycles. The van der Waals surface area contributed by atoms with Crippen LogP contribution in [-0.2, 0) is 4.79 Å². The highest BCUT2D eigenvalue weighted by Crippen LogP contribution is 2.33. The first-order valence-electron chi connectivity index (χ1n) is 7.61. The predicted molar refractivity (Wildman–Crippen MR) is 85.3 cm³/mol. The van der Waals surface area contributed by atoms with Gasteiger partial charge in [0.1, 0.15) is 0 Å². The summed E-state index contributed by atoms with van der Waals surface area (Å²) in [7, 11) is 1.81. The van der Waals surface area contributed by atoms with Crippen molar-refractivity contribution in [3.63, 3.8) is 0 Å². The van der Waals surface area contributed by atoms with E-state index in [0.29, 0.717) is 18.9 Å². The van der Waals surface area contributed by atoms with Crippen LogP contribution in [0.4, 0.5) is 5.69 Å². The first-order valence-corrected chi connectivity index (χ1v) is 7.61. The molecule has 1 aliphatic rings. The summed E-state index contributed by atoms with van der Waals surface area (Å²) < 4.78 is 0. The second-order valence-electron chi connectivity index (χ2n) is 6.74. The van der Waals surface area contributed by atoms with Crippen molar-refractivity contribution in [2.75, 3.05) is 18.5 Å². The predicted octanol–water partition coefficient (Wildman–Crippen LogP) is 2.48. The molecule has 1 amide bonds. The number of hydrogen-bond acceptors (Lipinski definition) is 3. The molecule has 4 nitrogen and oxygen atoms in total. The molecule has 2 rings (SSSR count). The van der Waals surface area contributed by atoms with Crippen molar-refractivity contribution in [1.29, 1.82) is 0 Å². The van der Waals surface area contributed by atoms with Crippen LogP contribution in [0.15, 0.2) is 24.3 Å². The fourth-order valence-corrected chi connectivity index (χ4v) is 3.12. The van der Waals surface area contributed by atoms with Crippen LogP contribution in [0, 0.1) is 5.92 Å². The Labute approximate surface area is 127 Å². The molecule has 1 aliphatic heterocycles. The Kier molecular flexibility index (Phi) is 4.69. The molecular formula is C17H26N2O2. The molecule has 2 unspecified atom stereocenters. The van der Waals surface area contributed by atoms with Crippen LogP contribution < -0.4 is 10.2 Å². The van der Waals surface area contributed by atoms with Crippen LogP contribution in [0.2, 0.25) is 0 Å². The zero-order valence-electron chi connectivity index (χ0n) is 13.4. The number of carbonyl (C=O) groups is 1. The van der Waals surface area contributed by atoms with Crippen molar-refractivity contribution < 1.29 is 9.90 Å². The fourth-order valence-electron chi connectivity index (χ4n) is 3.12. The van der Waals surface area contributed by atoms with E-state index in [1.54, 1.807) is 4.90 Å². The first-order chi connectivity index (χ1) is 9.80. The van der Waals surface area contributed by atoms with E-state index in [-0.39, 0.29) is 11.9 Å². The maximum absolute atomic E-state index is 12.1. The summed E-state index contributed by atoms with van der Waals surface area (Å²) >= 11 is 0. The molecule has 1 heterocycles. The number of nitrogens with one attached hydrogen (secondary N) is 1. The second kappa shape index (κ2) is 6.16. The van der Waals surface area contributed by atoms with Crippen LogP contribution in [0.5, 0.6) is 0 Å². The summed E-state index contributed by atoms with van der Waals surface area (Å²) in [5, 5.41) is 13.8. The number of rotatable bonds is 5. The van der Waals surface area contributed by atoms with Crippen molar-refractivity contribution in [2.24, 2.45) is 5.92 Å². The Bertz CT molecular complexity index is 511. The SMILES string of the molecule is CC(C)CC(C)(O)CNC1CC(=O)N(C)c2ccccc21. The Morgan fingerprint density at radius 2 is 2.10 bits per heavy atom. The number of anilines is 1. The number of aliphatic hydroxyl groups is 1. The molecule has 21 heavy (non-hydrogen) atoms. The molecule has 0 radical (unpaired) electrons. The molecule has 0 fully saturated rings. The van der Waals surface area contributed by atoms with E-state index in [2.05, 4.69) is 19.2 Å². The third kappa shape index (κ3) is 3.83. The number of carbonyl (C=O) groups excluding carboxylic acids is 1. The van der Waals surface area contributed by atoms with Gasteiger partial charge in [0.05, 0.1) is 5.60 Å². The molecule has 0 aromatic heterocycles. The summed E-state index contributed by atoms with van der Waals surface area (Å²) in [5.74, 6) is 0.544. The Morgan fingerprint density at radius 1 is 1.43 bits per heavy atom. The third-order valence-electron chi connectivity index (χ3n) is 4.00. The number of fused-ring (bicyclic) bond motifs is 1. The number of para-hydroxylation sites is 1. The van der Waals surface area contributed by atoms with Gasteiger partial charge in [-0.15, -0.1) is 0 Å². The summed E-state index contributed by atoms with van der Waals surface area (Å²) in [6, 6.07) is 7.92. The van der Waals surface area contributed by atoms with Gasteiger partial charge in [-0.2, -0.15) is 0 Å². The first kappa shape index (κ1) is 16.0. The molecule has 4 heteroatoms. The van der Waals surface area contributed by atoms with E-state index in [0.717, 1.165) is 17.7 Å². The highest BCUT2D eigenvalue weighted by Gasteiger charge is 2.30. The Hall–Kier alpha value is -1.39. The number of benzene rings is 1. The van der Waals surface area contributed by atoms with Gasteiger partial charge >= 0.3 is 0 Å². The molecule has 116 valence electrons. The van der Waals surface area contributed by atoms with Crippen molar-refractivity contribution in [1.82, 2.24) is 5.32 Å². The third-order valence-corrected chi connectivity index (χ3v) is 4.00. The van der Waals surface area contributed by atoms with Crippen molar-refractivity contribution in [3.8, 4) is 0 Å². The molecule has 0 aliphatic carbocycles. The van der Waals surface area contributed by atoms with Gasteiger partial charge in [-0.3, -0.25) is 4.79 Å². The molecule has 2 atom stereocenters. The molecule has 0 spiro atoms. The summed E-state index contributed by atoms with van der Waals surface area (Å²) in [6.07, 6.45) is 1.17. The standard InChI is InChI=1S/C17H26N2O2/c1-12(2)10-17(3,21)11-18-14-9-16(20)19(4)15-8-6-5-7-13(14)15/h5-8,12,14,18,21H,9-11H2,1-4H3. The molecule has 2 N–H and O–H groups in total. The highest BCUT2D eigenvalue weighted by molar-refractivity contribution is 5.96. The van der Waals surface area contributed by atoms with E-state index in [1.165, 1.54) is 0 Å². The maximum Gasteiger partial charge on any atom is 0.228 e. The molecule has 1 aromatic rings. The minimum absolute atomic E-state index is 0.0245. The lowest BCUT2D eigenvalue weighted by molar-refractivity contribution is -0.119. The maximum atomic E-state index is 12.1. The minimum atomic E-state index is -0.754. The number of hydrogen-bond donors (Lipinski definition) is 2. The number of nitrogens with zero attached hydrogens (tertiary/aromatic N) is 1. The summed E-state index contributed by atoms with van der Waals surface area (Å²) in [4.78, 5) is 13.8. The zero-order valence-corrected chi connectivity index (χ0v) is 13.4. The van der Waals surface area contributed by atoms with E-state index in [1.807, 2.05) is 38.2 Å². The molecule has 0 bridgehead atoms. The summed E-state index contributed by atoms with van der Waals surface area (Å²) in [5.41, 5.74) is 1.32. The van der Waals surface area contributed by atoms with Crippen molar-refractivity contribution >= 4 is 11.6 Å². The normalized spacial score (nSPS) is 21.3. The lowest BCUT2D eigenvalue weighted by Crippen LogP contribution is -2.44. The monoisotopic (exact) mass is 290 g/mol. The zero-order chi connectivity index (χ0) is 15.6. The average Bonchev–Trinajstić information content (AvgIpc) is 2.40. The van der Waals surface area contributed by atoms with E-state index in [9.17, 15) is 9.90 Å². The largest absolute Gasteiger partial charge is 0.389 e. The van der Waals surface area contributed by atoms with Gasteiger partial charge in [-0.25, -0.2) is 0 Å². The molecule has 1 aromatic carbocycles. The van der Waals surface area contributed by atoms with Crippen LogP contribution in [0.3, 0.4) is 0 Å². The van der Waals surface area contributed by atoms with Crippen molar-refractivity contribution in [3.05, 3.63) is 29.8 Å². The summed E-state index contributed by atoms with van der Waals surface area (Å²) in [6.45, 7) is 6.54. The van der Waals surface area contributed by atoms with Gasteiger partial charge in [0.25, 0.3) is 0 Å². The minimum Gasteiger partial charge on any atom is -0.389 e. The molecular weight excluding hydrogens is 264 g/mol. The topological polar surface area (TPSA) is 52.6 Å². The van der Waals surface area contributed by atoms with Gasteiger partial charge < -0.3 is 15.3 Å². The van der Waals surface area contributed by atoms with Crippen molar-refractivity contribution in [2.45, 2.75) is 45.3 Å². The van der Waals surface area contributed by atoms with Crippen LogP contribution >= 0.6 is 0 Å². The Morgan fingerprint density at radius 3 is 2.76 bits per heavy atom. The quantitative estimate of drug-likeness (QED) is 0.876. The van der Waals surface area contributed by atoms with Gasteiger partial charge in [0.2, 0.25) is 5.91 Å². The molecule has 0 saturated heterocycles. The van der Waals surface area contributed by atoms with E-state index in [4.69, 9.17) is 0 Å². The van der Waals surface area contributed by atoms with E-state index >= 15 is 0 Å². The smallest absolute Gasteiger partial charge is 0.228 e. The van der Waals surface area contributed by atoms with E-state index < -0.39 is 5.60 Å². The average molecular weight is 290 g/mol. The van der Waals surface area contributed by atoms with Gasteiger partial charge in [-0.05, 0) is 30.9 Å². The lowest BCUT2D eigenvalue weighted by atomic mass is 9.92. The van der Waals surface area contributed by atoms with Crippen LogP contribution in [0.25, 0.3) is 0 Å². The lowest BCUT2D eigenvalue weighted by Gasteiger charge is -2.34. The number of amides is 1. The van der Waals surface area contributed by atoms with Crippen LogP contribution in [-0.4, -0.2) is 30.2 Å². The Balaban J connectivity index is 2.11. The van der Waals surface area contributed by atoms with Gasteiger partial charge in [0, 0.05) is 31.7 Å².